The van der Waals surface area contributed by atoms with Gasteiger partial charge in [-0.3, -0.25) is 19.8 Å². The zero-order valence-electron chi connectivity index (χ0n) is 23.5. The van der Waals surface area contributed by atoms with E-state index >= 15 is 0 Å². The molecule has 2 aromatic rings. The highest BCUT2D eigenvalue weighted by Crippen LogP contribution is 2.09. The van der Waals surface area contributed by atoms with E-state index in [1.165, 1.54) is 43.6 Å². The molecule has 1 aliphatic heterocycles. The molecule has 0 aromatic carbocycles. The van der Waals surface area contributed by atoms with E-state index in [0.29, 0.717) is 0 Å². The first-order valence-corrected chi connectivity index (χ1v) is 14.2. The molecule has 0 amide bonds. The molecule has 208 valence electrons. The van der Waals surface area contributed by atoms with Gasteiger partial charge in [-0.05, 0) is 45.0 Å². The van der Waals surface area contributed by atoms with E-state index in [4.69, 9.17) is 0 Å². The highest BCUT2D eigenvalue weighted by atomic mass is 35.5. The largest absolute Gasteiger partial charge is 1.00 e. The molecule has 37 heavy (non-hydrogen) atoms. The van der Waals surface area contributed by atoms with Gasteiger partial charge in [-0.25, -0.2) is 0 Å². The van der Waals surface area contributed by atoms with Gasteiger partial charge in [0.1, 0.15) is 0 Å². The van der Waals surface area contributed by atoms with Crippen molar-refractivity contribution in [2.75, 3.05) is 85.1 Å². The smallest absolute Gasteiger partial charge is 0.0798 e. The fourth-order valence-electron chi connectivity index (χ4n) is 5.26. The lowest BCUT2D eigenvalue weighted by Gasteiger charge is -2.37. The van der Waals surface area contributed by atoms with Crippen LogP contribution in [0.4, 0.5) is 0 Å². The van der Waals surface area contributed by atoms with Crippen LogP contribution in [-0.4, -0.2) is 114 Å². The third kappa shape index (κ3) is 11.3. The molecule has 7 nitrogen and oxygen atoms in total. The lowest BCUT2D eigenvalue weighted by molar-refractivity contribution is -0.923. The molecular formula is C29H50ClN7. The number of quaternary nitrogens is 1. The predicted octanol–water partition coefficient (Wildman–Crippen LogP) is -0.0434. The molecule has 2 aromatic heterocycles. The molecule has 0 spiro atoms. The van der Waals surface area contributed by atoms with Crippen molar-refractivity contribution in [1.82, 2.24) is 30.0 Å². The maximum absolute atomic E-state index is 4.59. The van der Waals surface area contributed by atoms with Crippen molar-refractivity contribution in [2.45, 2.75) is 40.3 Å². The Morgan fingerprint density at radius 1 is 0.703 bits per heavy atom. The predicted molar refractivity (Wildman–Crippen MR) is 150 cm³/mol. The van der Waals surface area contributed by atoms with Crippen molar-refractivity contribution in [3.8, 4) is 0 Å². The van der Waals surface area contributed by atoms with Gasteiger partial charge in [0, 0.05) is 90.8 Å². The fraction of sp³-hybridized carbons (Fsp3) is 0.655. The third-order valence-electron chi connectivity index (χ3n) is 8.02. The minimum atomic E-state index is 0. The Balaban J connectivity index is 0.00000481. The van der Waals surface area contributed by atoms with Crippen LogP contribution in [0.3, 0.4) is 0 Å². The second-order valence-corrected chi connectivity index (χ2v) is 10.2. The molecule has 3 rings (SSSR count). The standard InChI is InChI=1S/C29H50N7.ClH/c1-4-36(5-2,6-3)25-11-18-33-21-23-34(26-28-12-7-9-14-31-28)19-16-30-17-20-35(24-22-33)27-29-13-8-10-15-32-29;/h7-10,12-15,30H,4-6,11,16-27H2,1-3H3;1H/q+1;/p-1. The van der Waals surface area contributed by atoms with Crippen molar-refractivity contribution < 1.29 is 16.9 Å². The first kappa shape index (κ1) is 31.6. The monoisotopic (exact) mass is 531 g/mol. The summed E-state index contributed by atoms with van der Waals surface area (Å²) in [4.78, 5) is 17.0. The molecular weight excluding hydrogens is 482 g/mol. The summed E-state index contributed by atoms with van der Waals surface area (Å²) in [5.41, 5.74) is 2.32. The molecule has 1 N–H and O–H groups in total. The normalized spacial score (nSPS) is 17.5. The highest BCUT2D eigenvalue weighted by molar-refractivity contribution is 5.04. The molecule has 1 aliphatic rings. The number of aromatic nitrogens is 2. The lowest BCUT2D eigenvalue weighted by atomic mass is 10.2. The highest BCUT2D eigenvalue weighted by Gasteiger charge is 2.21. The summed E-state index contributed by atoms with van der Waals surface area (Å²) in [6.45, 7) is 23.5. The minimum absolute atomic E-state index is 0. The number of rotatable bonds is 11. The van der Waals surface area contributed by atoms with E-state index in [9.17, 15) is 0 Å². The van der Waals surface area contributed by atoms with Gasteiger partial charge in [0.2, 0.25) is 0 Å². The number of hydrogen-bond donors (Lipinski definition) is 1. The van der Waals surface area contributed by atoms with Crippen molar-refractivity contribution >= 4 is 0 Å². The summed E-state index contributed by atoms with van der Waals surface area (Å²) in [6, 6.07) is 12.5. The second kappa shape index (κ2) is 17.8. The van der Waals surface area contributed by atoms with Crippen LogP contribution in [0.25, 0.3) is 0 Å². The molecule has 3 heterocycles. The van der Waals surface area contributed by atoms with Crippen molar-refractivity contribution in [1.29, 1.82) is 0 Å². The Hall–Kier alpha value is -1.61. The van der Waals surface area contributed by atoms with E-state index < -0.39 is 0 Å². The molecule has 0 unspecified atom stereocenters. The second-order valence-electron chi connectivity index (χ2n) is 10.2. The van der Waals surface area contributed by atoms with Gasteiger partial charge in [-0.15, -0.1) is 0 Å². The number of nitrogens with one attached hydrogen (secondary N) is 1. The maximum Gasteiger partial charge on any atom is 0.0798 e. The van der Waals surface area contributed by atoms with Gasteiger partial charge >= 0.3 is 0 Å². The third-order valence-corrected chi connectivity index (χ3v) is 8.02. The molecule has 1 saturated heterocycles. The van der Waals surface area contributed by atoms with Crippen LogP contribution in [0.15, 0.2) is 48.8 Å². The Bertz CT molecular complexity index is 756. The topological polar surface area (TPSA) is 47.5 Å². The van der Waals surface area contributed by atoms with Gasteiger partial charge in [-0.1, -0.05) is 12.1 Å². The Kier molecular flexibility index (Phi) is 15.2. The van der Waals surface area contributed by atoms with E-state index in [1.807, 2.05) is 24.5 Å². The summed E-state index contributed by atoms with van der Waals surface area (Å²) in [5, 5.41) is 3.68. The minimum Gasteiger partial charge on any atom is -1.00 e. The van der Waals surface area contributed by atoms with Crippen LogP contribution in [0.5, 0.6) is 0 Å². The number of pyridine rings is 2. The quantitative estimate of drug-likeness (QED) is 0.411. The van der Waals surface area contributed by atoms with Crippen LogP contribution in [0, 0.1) is 0 Å². The number of nitrogens with zero attached hydrogens (tertiary/aromatic N) is 6. The fourth-order valence-corrected chi connectivity index (χ4v) is 5.26. The Morgan fingerprint density at radius 2 is 1.19 bits per heavy atom. The molecule has 1 fully saturated rings. The van der Waals surface area contributed by atoms with Gasteiger partial charge < -0.3 is 27.1 Å². The summed E-state index contributed by atoms with van der Waals surface area (Å²) in [6.07, 6.45) is 5.08. The van der Waals surface area contributed by atoms with E-state index in [0.717, 1.165) is 76.8 Å². The molecule has 0 atom stereocenters. The SMILES string of the molecule is CC[N+](CC)(CC)CCCN1CCN(Cc2ccccn2)CCNCCN(Cc2ccccn2)CC1.[Cl-]. The number of hydrogen-bond acceptors (Lipinski definition) is 6. The Morgan fingerprint density at radius 3 is 1.62 bits per heavy atom. The van der Waals surface area contributed by atoms with Gasteiger partial charge in [0.05, 0.1) is 37.6 Å². The summed E-state index contributed by atoms with van der Waals surface area (Å²) < 4.78 is 1.23. The van der Waals surface area contributed by atoms with Crippen LogP contribution >= 0.6 is 0 Å². The van der Waals surface area contributed by atoms with Crippen molar-refractivity contribution in [3.05, 3.63) is 60.2 Å². The van der Waals surface area contributed by atoms with E-state index in [1.54, 1.807) is 0 Å². The van der Waals surface area contributed by atoms with Crippen LogP contribution < -0.4 is 17.7 Å². The molecule has 8 heteroatoms. The molecule has 0 radical (unpaired) electrons. The average molecular weight is 532 g/mol. The Labute approximate surface area is 232 Å². The van der Waals surface area contributed by atoms with Crippen LogP contribution in [0.1, 0.15) is 38.6 Å². The molecule has 0 bridgehead atoms. The van der Waals surface area contributed by atoms with E-state index in [2.05, 4.69) is 75.0 Å². The first-order valence-electron chi connectivity index (χ1n) is 14.2. The lowest BCUT2D eigenvalue weighted by Crippen LogP contribution is -3.00. The summed E-state index contributed by atoms with van der Waals surface area (Å²) in [7, 11) is 0. The molecule has 0 aliphatic carbocycles. The summed E-state index contributed by atoms with van der Waals surface area (Å²) in [5.74, 6) is 0. The maximum atomic E-state index is 4.59. The first-order chi connectivity index (χ1) is 17.7. The number of halogens is 1. The van der Waals surface area contributed by atoms with E-state index in [-0.39, 0.29) is 12.4 Å². The van der Waals surface area contributed by atoms with Gasteiger partial charge in [0.25, 0.3) is 0 Å². The van der Waals surface area contributed by atoms with Crippen molar-refractivity contribution in [2.24, 2.45) is 0 Å². The van der Waals surface area contributed by atoms with Gasteiger partial charge in [0.15, 0.2) is 0 Å². The van der Waals surface area contributed by atoms with Crippen LogP contribution in [0.2, 0.25) is 0 Å². The van der Waals surface area contributed by atoms with Crippen molar-refractivity contribution in [3.63, 3.8) is 0 Å². The average Bonchev–Trinajstić information content (AvgIpc) is 2.92. The summed E-state index contributed by atoms with van der Waals surface area (Å²) >= 11 is 0. The zero-order chi connectivity index (χ0) is 25.5. The molecule has 0 saturated carbocycles. The zero-order valence-corrected chi connectivity index (χ0v) is 24.2. The van der Waals surface area contributed by atoms with Crippen LogP contribution in [-0.2, 0) is 13.1 Å². The van der Waals surface area contributed by atoms with Gasteiger partial charge in [-0.2, -0.15) is 0 Å².